The Hall–Kier alpha value is -6.20. The third-order valence-electron chi connectivity index (χ3n) is 11.3. The van der Waals surface area contributed by atoms with Gasteiger partial charge in [0.2, 0.25) is 5.91 Å². The van der Waals surface area contributed by atoms with E-state index in [1.54, 1.807) is 47.0 Å². The van der Waals surface area contributed by atoms with Crippen molar-refractivity contribution in [2.24, 2.45) is 13.0 Å². The quantitative estimate of drug-likeness (QED) is 0.158. The van der Waals surface area contributed by atoms with E-state index < -0.39 is 23.6 Å². The second kappa shape index (κ2) is 17.6. The van der Waals surface area contributed by atoms with Crippen molar-refractivity contribution in [2.75, 3.05) is 70.5 Å². The monoisotopic (exact) mass is 842 g/mol. The fourth-order valence-corrected chi connectivity index (χ4v) is 7.92. The Balaban J connectivity index is 0.949. The van der Waals surface area contributed by atoms with Crippen LogP contribution in [0.4, 0.5) is 25.1 Å². The van der Waals surface area contributed by atoms with Gasteiger partial charge in [0, 0.05) is 92.8 Å². The van der Waals surface area contributed by atoms with Crippen LogP contribution >= 0.6 is 11.6 Å². The zero-order valence-corrected chi connectivity index (χ0v) is 34.6. The van der Waals surface area contributed by atoms with Gasteiger partial charge >= 0.3 is 6.03 Å². The highest BCUT2D eigenvalue weighted by molar-refractivity contribution is 6.34. The molecule has 5 amide bonds. The van der Waals surface area contributed by atoms with Gasteiger partial charge in [-0.25, -0.2) is 23.5 Å². The molecule has 5 heterocycles. The van der Waals surface area contributed by atoms with Crippen LogP contribution in [0, 0.1) is 24.5 Å². The van der Waals surface area contributed by atoms with Gasteiger partial charge in [-0.05, 0) is 43.3 Å². The number of anilines is 2. The number of aromatic nitrogens is 5. The second-order valence-corrected chi connectivity index (χ2v) is 16.1. The Morgan fingerprint density at radius 3 is 2.27 bits per heavy atom. The standard InChI is InChI=1S/C42H46ClF2N11O4/c1-26-32(24-49-55(26)16-15-47-42(60)51-35-7-5-6-14-46-35)29-10-11-31(37(45)36(29)44)34-25-48-38(52(34)2)39(57)50-28-8-9-30(33(43)23-28)41(59)54-19-17-53(18-20-54)40(58)27-12-21-56(3,4)22-13-27/h5-11,14,23-25,27H,12-13,15-22H2,1-4H3,(H2-,46,47,50,51,57,59,60)/p+1. The van der Waals surface area contributed by atoms with Crippen LogP contribution in [-0.2, 0) is 18.4 Å². The molecule has 2 aliphatic heterocycles. The smallest absolute Gasteiger partial charge is 0.320 e. The molecule has 15 nitrogen and oxygen atoms in total. The first kappa shape index (κ1) is 41.9. The maximum atomic E-state index is 15.7. The van der Waals surface area contributed by atoms with Crippen molar-refractivity contribution in [1.82, 2.24) is 39.4 Å². The molecule has 60 heavy (non-hydrogen) atoms. The molecule has 2 saturated heterocycles. The van der Waals surface area contributed by atoms with E-state index in [4.69, 9.17) is 11.6 Å². The molecule has 5 aromatic rings. The Morgan fingerprint density at radius 2 is 1.57 bits per heavy atom. The first-order valence-corrected chi connectivity index (χ1v) is 20.1. The molecule has 7 rings (SSSR count). The van der Waals surface area contributed by atoms with Crippen molar-refractivity contribution < 1.29 is 32.4 Å². The highest BCUT2D eigenvalue weighted by Crippen LogP contribution is 2.33. The number of halogens is 3. The fraction of sp³-hybridized carbons (Fsp3) is 0.357. The summed E-state index contributed by atoms with van der Waals surface area (Å²) >= 11 is 6.56. The van der Waals surface area contributed by atoms with Crippen molar-refractivity contribution in [3.05, 3.63) is 101 Å². The number of nitrogens with zero attached hydrogens (tertiary/aromatic N) is 8. The van der Waals surface area contributed by atoms with Crippen LogP contribution in [0.15, 0.2) is 67.1 Å². The number of carbonyl (C=O) groups is 4. The predicted octanol–water partition coefficient (Wildman–Crippen LogP) is 5.43. The SMILES string of the molecule is Cc1c(-c2ccc(-c3cnc(C(=O)Nc4ccc(C(=O)N5CCN(C(=O)C6CC[N+](C)(C)CC6)CC5)c(Cl)c4)n3C)c(F)c2F)cnn1CCNC(=O)Nc1ccccn1. The highest BCUT2D eigenvalue weighted by Gasteiger charge is 2.35. The molecule has 0 spiro atoms. The van der Waals surface area contributed by atoms with Crippen LogP contribution in [0.1, 0.15) is 39.5 Å². The summed E-state index contributed by atoms with van der Waals surface area (Å²) in [5, 5.41) is 12.5. The molecule has 0 saturated carbocycles. The number of urea groups is 1. The van der Waals surface area contributed by atoms with E-state index in [0.29, 0.717) is 48.9 Å². The summed E-state index contributed by atoms with van der Waals surface area (Å²) in [6.07, 6.45) is 6.01. The molecule has 314 valence electrons. The van der Waals surface area contributed by atoms with Gasteiger partial charge in [-0.3, -0.25) is 24.4 Å². The van der Waals surface area contributed by atoms with Gasteiger partial charge in [-0.2, -0.15) is 5.10 Å². The van der Waals surface area contributed by atoms with Crippen molar-refractivity contribution in [3.63, 3.8) is 0 Å². The number of imidazole rings is 1. The van der Waals surface area contributed by atoms with Crippen molar-refractivity contribution in [1.29, 1.82) is 0 Å². The van der Waals surface area contributed by atoms with Gasteiger partial charge in [0.15, 0.2) is 17.5 Å². The summed E-state index contributed by atoms with van der Waals surface area (Å²) in [5.74, 6) is -2.62. The lowest BCUT2D eigenvalue weighted by molar-refractivity contribution is -0.895. The van der Waals surface area contributed by atoms with Crippen molar-refractivity contribution in [3.8, 4) is 22.4 Å². The van der Waals surface area contributed by atoms with E-state index in [0.717, 1.165) is 30.4 Å². The minimum Gasteiger partial charge on any atom is -0.339 e. The molecule has 3 N–H and O–H groups in total. The maximum absolute atomic E-state index is 15.7. The largest absolute Gasteiger partial charge is 0.339 e. The number of rotatable bonds is 10. The average molecular weight is 843 g/mol. The normalized spacial score (nSPS) is 15.4. The summed E-state index contributed by atoms with van der Waals surface area (Å²) in [7, 11) is 5.88. The molecule has 18 heteroatoms. The number of hydrogen-bond acceptors (Lipinski definition) is 7. The molecule has 0 unspecified atom stereocenters. The lowest BCUT2D eigenvalue weighted by atomic mass is 9.94. The molecule has 2 aromatic carbocycles. The summed E-state index contributed by atoms with van der Waals surface area (Å²) in [5.41, 5.74) is 1.56. The molecule has 2 fully saturated rings. The lowest BCUT2D eigenvalue weighted by Crippen LogP contribution is -2.54. The lowest BCUT2D eigenvalue weighted by Gasteiger charge is -2.40. The minimum absolute atomic E-state index is 0.00410. The van der Waals surface area contributed by atoms with Gasteiger partial charge in [0.25, 0.3) is 11.8 Å². The molecular weight excluding hydrogens is 796 g/mol. The number of nitrogens with one attached hydrogen (secondary N) is 3. The van der Waals surface area contributed by atoms with Gasteiger partial charge < -0.3 is 29.5 Å². The zero-order chi connectivity index (χ0) is 42.7. The fourth-order valence-electron chi connectivity index (χ4n) is 7.66. The number of likely N-dealkylation sites (tertiary alicyclic amines) is 1. The summed E-state index contributed by atoms with van der Waals surface area (Å²) in [6, 6.07) is 12.1. The molecular formula is C42H47ClF2N11O4+. The Bertz CT molecular complexity index is 2420. The van der Waals surface area contributed by atoms with Crippen LogP contribution in [0.2, 0.25) is 5.02 Å². The van der Waals surface area contributed by atoms with E-state index in [2.05, 4.69) is 45.1 Å². The van der Waals surface area contributed by atoms with E-state index in [1.165, 1.54) is 48.3 Å². The van der Waals surface area contributed by atoms with Crippen LogP contribution in [0.3, 0.4) is 0 Å². The number of pyridine rings is 1. The van der Waals surface area contributed by atoms with E-state index >= 15 is 8.78 Å². The number of benzene rings is 2. The predicted molar refractivity (Wildman–Crippen MR) is 222 cm³/mol. The van der Waals surface area contributed by atoms with Crippen LogP contribution in [0.25, 0.3) is 22.4 Å². The molecule has 0 atom stereocenters. The molecule has 0 bridgehead atoms. The third-order valence-corrected chi connectivity index (χ3v) is 11.6. The molecule has 0 aliphatic carbocycles. The average Bonchev–Trinajstić information content (AvgIpc) is 3.80. The van der Waals surface area contributed by atoms with E-state index in [9.17, 15) is 19.2 Å². The number of amides is 5. The van der Waals surface area contributed by atoms with Crippen LogP contribution in [-0.4, -0.2) is 122 Å². The van der Waals surface area contributed by atoms with Crippen molar-refractivity contribution >= 4 is 46.9 Å². The van der Waals surface area contributed by atoms with E-state index in [-0.39, 0.29) is 64.1 Å². The summed E-state index contributed by atoms with van der Waals surface area (Å²) in [6.45, 7) is 5.85. The number of hydrogen-bond donors (Lipinski definition) is 3. The Kier molecular flexibility index (Phi) is 12.3. The van der Waals surface area contributed by atoms with Crippen LogP contribution < -0.4 is 16.0 Å². The van der Waals surface area contributed by atoms with Crippen LogP contribution in [0.5, 0.6) is 0 Å². The third kappa shape index (κ3) is 9.01. The Labute approximate surface area is 350 Å². The topological polar surface area (TPSA) is 159 Å². The van der Waals surface area contributed by atoms with Gasteiger partial charge in [0.05, 0.1) is 62.4 Å². The van der Waals surface area contributed by atoms with E-state index in [1.807, 2.05) is 4.90 Å². The van der Waals surface area contributed by atoms with Crippen molar-refractivity contribution in [2.45, 2.75) is 26.3 Å². The first-order valence-electron chi connectivity index (χ1n) is 19.7. The molecule has 3 aromatic heterocycles. The molecule has 0 radical (unpaired) electrons. The number of piperidine rings is 1. The van der Waals surface area contributed by atoms with Gasteiger partial charge in [0.1, 0.15) is 5.82 Å². The zero-order valence-electron chi connectivity index (χ0n) is 33.8. The maximum Gasteiger partial charge on any atom is 0.320 e. The minimum atomic E-state index is -1.13. The second-order valence-electron chi connectivity index (χ2n) is 15.7. The summed E-state index contributed by atoms with van der Waals surface area (Å²) in [4.78, 5) is 64.0. The number of carbonyl (C=O) groups excluding carboxylic acids is 4. The highest BCUT2D eigenvalue weighted by atomic mass is 35.5. The molecule has 2 aliphatic rings. The van der Waals surface area contributed by atoms with Gasteiger partial charge in [-0.15, -0.1) is 0 Å². The Morgan fingerprint density at radius 1 is 0.867 bits per heavy atom. The number of piperazine rings is 1. The first-order chi connectivity index (χ1) is 28.7. The van der Waals surface area contributed by atoms with Gasteiger partial charge in [-0.1, -0.05) is 23.7 Å². The summed E-state index contributed by atoms with van der Waals surface area (Å²) < 4.78 is 35.3. The number of quaternary nitrogens is 1.